The minimum atomic E-state index is -4.72. The SMILES string of the molecule is O=C(Nc1ccc(Oc2ccc3nccnc3c2)c(F)c1)c1ccc(Cl)c(C(F)(F)F)c1. The van der Waals surface area contributed by atoms with Crippen LogP contribution in [0.3, 0.4) is 0 Å². The monoisotopic (exact) mass is 461 g/mol. The third-order valence-corrected chi connectivity index (χ3v) is 4.72. The van der Waals surface area contributed by atoms with Gasteiger partial charge in [-0.2, -0.15) is 13.2 Å². The van der Waals surface area contributed by atoms with Crippen LogP contribution in [0.5, 0.6) is 11.5 Å². The number of benzene rings is 3. The van der Waals surface area contributed by atoms with Gasteiger partial charge in [-0.25, -0.2) is 4.39 Å². The van der Waals surface area contributed by atoms with Crippen molar-refractivity contribution in [3.63, 3.8) is 0 Å². The average molecular weight is 462 g/mol. The lowest BCUT2D eigenvalue weighted by Crippen LogP contribution is -2.14. The van der Waals surface area contributed by atoms with E-state index in [2.05, 4.69) is 15.3 Å². The number of rotatable bonds is 4. The number of carbonyl (C=O) groups excluding carboxylic acids is 1. The minimum Gasteiger partial charge on any atom is -0.454 e. The highest BCUT2D eigenvalue weighted by Crippen LogP contribution is 2.35. The zero-order valence-corrected chi connectivity index (χ0v) is 16.7. The van der Waals surface area contributed by atoms with E-state index in [1.807, 2.05) is 0 Å². The number of hydrogen-bond acceptors (Lipinski definition) is 4. The minimum absolute atomic E-state index is 0.0349. The Balaban J connectivity index is 1.51. The van der Waals surface area contributed by atoms with Gasteiger partial charge in [0.05, 0.1) is 21.6 Å². The highest BCUT2D eigenvalue weighted by Gasteiger charge is 2.33. The van der Waals surface area contributed by atoms with Crippen molar-refractivity contribution in [3.05, 3.63) is 89.0 Å². The summed E-state index contributed by atoms with van der Waals surface area (Å²) in [5, 5.41) is 1.82. The Morgan fingerprint density at radius 1 is 0.938 bits per heavy atom. The van der Waals surface area contributed by atoms with Gasteiger partial charge in [-0.15, -0.1) is 0 Å². The number of hydrogen-bond donors (Lipinski definition) is 1. The molecule has 32 heavy (non-hydrogen) atoms. The molecule has 0 saturated heterocycles. The van der Waals surface area contributed by atoms with Gasteiger partial charge in [0.15, 0.2) is 11.6 Å². The molecule has 4 aromatic rings. The van der Waals surface area contributed by atoms with Gasteiger partial charge in [0, 0.05) is 35.8 Å². The molecular weight excluding hydrogens is 450 g/mol. The van der Waals surface area contributed by atoms with Crippen LogP contribution in [0.15, 0.2) is 67.0 Å². The summed E-state index contributed by atoms with van der Waals surface area (Å²) in [6, 6.07) is 11.3. The van der Waals surface area contributed by atoms with Crippen molar-refractivity contribution in [2.24, 2.45) is 0 Å². The van der Waals surface area contributed by atoms with E-state index in [0.29, 0.717) is 22.8 Å². The molecule has 1 aromatic heterocycles. The molecular formula is C22H12ClF4N3O2. The molecule has 3 aromatic carbocycles. The lowest BCUT2D eigenvalue weighted by atomic mass is 10.1. The number of anilines is 1. The number of carbonyl (C=O) groups is 1. The van der Waals surface area contributed by atoms with Crippen molar-refractivity contribution in [1.29, 1.82) is 0 Å². The van der Waals surface area contributed by atoms with Crippen LogP contribution < -0.4 is 10.1 Å². The molecule has 0 atom stereocenters. The van der Waals surface area contributed by atoms with Crippen LogP contribution in [0.2, 0.25) is 5.02 Å². The van der Waals surface area contributed by atoms with E-state index in [4.69, 9.17) is 16.3 Å². The molecule has 0 saturated carbocycles. The van der Waals surface area contributed by atoms with Crippen LogP contribution in [0.25, 0.3) is 11.0 Å². The molecule has 0 aliphatic rings. The number of amides is 1. The smallest absolute Gasteiger partial charge is 0.417 e. The van der Waals surface area contributed by atoms with Gasteiger partial charge in [0.2, 0.25) is 0 Å². The predicted molar refractivity (Wildman–Crippen MR) is 110 cm³/mol. The molecule has 0 radical (unpaired) electrons. The Morgan fingerprint density at radius 2 is 1.69 bits per heavy atom. The van der Waals surface area contributed by atoms with Gasteiger partial charge >= 0.3 is 6.18 Å². The largest absolute Gasteiger partial charge is 0.454 e. The first-order valence-electron chi connectivity index (χ1n) is 9.07. The van der Waals surface area contributed by atoms with E-state index in [9.17, 15) is 22.4 Å². The van der Waals surface area contributed by atoms with Crippen LogP contribution in [0, 0.1) is 5.82 Å². The van der Waals surface area contributed by atoms with Crippen molar-refractivity contribution in [1.82, 2.24) is 9.97 Å². The molecule has 0 fully saturated rings. The first-order valence-corrected chi connectivity index (χ1v) is 9.45. The standard InChI is InChI=1S/C22H12ClF4N3O2/c23-16-4-1-12(9-15(16)22(25,26)27)21(31)30-13-2-6-20(17(24)10-13)32-14-3-5-18-19(11-14)29-8-7-28-18/h1-11H,(H,30,31). The number of fused-ring (bicyclic) bond motifs is 1. The Bertz CT molecular complexity index is 1330. The summed E-state index contributed by atoms with van der Waals surface area (Å²) in [4.78, 5) is 20.6. The van der Waals surface area contributed by atoms with Crippen molar-refractivity contribution in [3.8, 4) is 11.5 Å². The lowest BCUT2D eigenvalue weighted by molar-refractivity contribution is -0.137. The summed E-state index contributed by atoms with van der Waals surface area (Å²) in [5.41, 5.74) is -0.168. The van der Waals surface area contributed by atoms with Crippen molar-refractivity contribution in [2.45, 2.75) is 6.18 Å². The van der Waals surface area contributed by atoms with E-state index in [0.717, 1.165) is 18.2 Å². The number of halogens is 5. The Morgan fingerprint density at radius 3 is 2.41 bits per heavy atom. The fourth-order valence-corrected chi connectivity index (χ4v) is 3.11. The van der Waals surface area contributed by atoms with E-state index < -0.39 is 28.5 Å². The topological polar surface area (TPSA) is 64.1 Å². The summed E-state index contributed by atoms with van der Waals surface area (Å²) in [5.74, 6) is -1.42. The first kappa shape index (κ1) is 21.5. The second-order valence-corrected chi connectivity index (χ2v) is 7.01. The average Bonchev–Trinajstić information content (AvgIpc) is 2.75. The zero-order chi connectivity index (χ0) is 22.9. The molecule has 4 rings (SSSR count). The molecule has 5 nitrogen and oxygen atoms in total. The number of nitrogens with one attached hydrogen (secondary N) is 1. The normalized spacial score (nSPS) is 11.4. The molecule has 0 unspecified atom stereocenters. The zero-order valence-electron chi connectivity index (χ0n) is 16.0. The summed E-state index contributed by atoms with van der Waals surface area (Å²) < 4.78 is 59.0. The van der Waals surface area contributed by atoms with E-state index >= 15 is 0 Å². The van der Waals surface area contributed by atoms with Crippen LogP contribution in [-0.2, 0) is 6.18 Å². The fraction of sp³-hybridized carbons (Fsp3) is 0.0455. The summed E-state index contributed by atoms with van der Waals surface area (Å²) in [7, 11) is 0. The lowest BCUT2D eigenvalue weighted by Gasteiger charge is -2.12. The van der Waals surface area contributed by atoms with Gasteiger partial charge in [0.25, 0.3) is 5.91 Å². The van der Waals surface area contributed by atoms with Gasteiger partial charge in [-0.05, 0) is 42.5 Å². The highest BCUT2D eigenvalue weighted by molar-refractivity contribution is 6.31. The van der Waals surface area contributed by atoms with Crippen LogP contribution in [-0.4, -0.2) is 15.9 Å². The first-order chi connectivity index (χ1) is 15.2. The summed E-state index contributed by atoms with van der Waals surface area (Å²) in [6.07, 6.45) is -1.65. The van der Waals surface area contributed by atoms with Crippen LogP contribution in [0.4, 0.5) is 23.2 Å². The summed E-state index contributed by atoms with van der Waals surface area (Å²) in [6.45, 7) is 0. The quantitative estimate of drug-likeness (QED) is 0.353. The maximum atomic E-state index is 14.5. The predicted octanol–water partition coefficient (Wildman–Crippen LogP) is 6.49. The van der Waals surface area contributed by atoms with Gasteiger partial charge in [-0.1, -0.05) is 11.6 Å². The molecule has 0 bridgehead atoms. The third kappa shape index (κ3) is 4.62. The Hall–Kier alpha value is -3.72. The molecule has 0 aliphatic carbocycles. The molecule has 1 heterocycles. The van der Waals surface area contributed by atoms with E-state index in [-0.39, 0.29) is 17.0 Å². The third-order valence-electron chi connectivity index (χ3n) is 4.39. The molecule has 0 aliphatic heterocycles. The van der Waals surface area contributed by atoms with Gasteiger partial charge in [-0.3, -0.25) is 14.8 Å². The number of alkyl halides is 3. The number of ether oxygens (including phenoxy) is 1. The van der Waals surface area contributed by atoms with E-state index in [1.54, 1.807) is 24.4 Å². The molecule has 10 heteroatoms. The molecule has 1 amide bonds. The highest BCUT2D eigenvalue weighted by atomic mass is 35.5. The van der Waals surface area contributed by atoms with E-state index in [1.165, 1.54) is 18.3 Å². The van der Waals surface area contributed by atoms with Gasteiger partial charge < -0.3 is 10.1 Å². The second-order valence-electron chi connectivity index (χ2n) is 6.60. The maximum Gasteiger partial charge on any atom is 0.417 e. The van der Waals surface area contributed by atoms with Gasteiger partial charge in [0.1, 0.15) is 5.75 Å². The second kappa shape index (κ2) is 8.43. The fourth-order valence-electron chi connectivity index (χ4n) is 2.88. The molecule has 0 spiro atoms. The number of nitrogens with zero attached hydrogens (tertiary/aromatic N) is 2. The number of aromatic nitrogens is 2. The molecule has 162 valence electrons. The maximum absolute atomic E-state index is 14.5. The van der Waals surface area contributed by atoms with Crippen molar-refractivity contribution in [2.75, 3.05) is 5.32 Å². The van der Waals surface area contributed by atoms with Crippen LogP contribution in [0.1, 0.15) is 15.9 Å². The van der Waals surface area contributed by atoms with Crippen molar-refractivity contribution >= 4 is 34.2 Å². The van der Waals surface area contributed by atoms with Crippen molar-refractivity contribution < 1.29 is 27.1 Å². The molecule has 1 N–H and O–H groups in total. The Kier molecular flexibility index (Phi) is 5.67. The van der Waals surface area contributed by atoms with Crippen LogP contribution >= 0.6 is 11.6 Å². The summed E-state index contributed by atoms with van der Waals surface area (Å²) >= 11 is 5.56. The Labute approximate surface area is 183 Å².